The average Bonchev–Trinajstić information content (AvgIpc) is 3.09. The number of carbonyl (C=O) groups is 1. The second-order valence-corrected chi connectivity index (χ2v) is 7.74. The number of nitro benzene ring substituents is 1. The van der Waals surface area contributed by atoms with E-state index in [9.17, 15) is 14.9 Å². The third kappa shape index (κ3) is 4.71. The van der Waals surface area contributed by atoms with E-state index >= 15 is 0 Å². The third-order valence-electron chi connectivity index (χ3n) is 4.50. The monoisotopic (exact) mass is 410 g/mol. The van der Waals surface area contributed by atoms with Gasteiger partial charge in [-0.1, -0.05) is 54.6 Å². The van der Waals surface area contributed by atoms with Gasteiger partial charge >= 0.3 is 0 Å². The number of hydrogen-bond acceptors (Lipinski definition) is 6. The van der Waals surface area contributed by atoms with Gasteiger partial charge in [0.25, 0.3) is 5.69 Å². The SMILES string of the molecule is CCCn1c(SCC(=O)c2ccc(C)c([N+](=O)[O-])c2)nnc1-c1cccc(C)c1. The van der Waals surface area contributed by atoms with Crippen LogP contribution in [0.5, 0.6) is 0 Å². The highest BCUT2D eigenvalue weighted by molar-refractivity contribution is 7.99. The molecule has 0 saturated carbocycles. The predicted molar refractivity (Wildman–Crippen MR) is 113 cm³/mol. The smallest absolute Gasteiger partial charge is 0.273 e. The minimum absolute atomic E-state index is 0.0447. The Morgan fingerprint density at radius 2 is 1.97 bits per heavy atom. The number of Topliss-reactive ketones (excluding diaryl/α,β-unsaturated/α-hetero) is 1. The van der Waals surface area contributed by atoms with Crippen LogP contribution in [-0.2, 0) is 6.54 Å². The van der Waals surface area contributed by atoms with Crippen molar-refractivity contribution in [3.63, 3.8) is 0 Å². The van der Waals surface area contributed by atoms with Crippen LogP contribution in [0.4, 0.5) is 5.69 Å². The van der Waals surface area contributed by atoms with Crippen molar-refractivity contribution in [1.29, 1.82) is 0 Å². The number of benzene rings is 2. The molecule has 0 unspecified atom stereocenters. The lowest BCUT2D eigenvalue weighted by Crippen LogP contribution is -2.07. The number of carbonyl (C=O) groups excluding carboxylic acids is 1. The number of thioether (sulfide) groups is 1. The van der Waals surface area contributed by atoms with Gasteiger partial charge < -0.3 is 4.57 Å². The summed E-state index contributed by atoms with van der Waals surface area (Å²) in [6.07, 6.45) is 0.905. The standard InChI is InChI=1S/C21H22N4O3S/c1-4-10-24-20(17-7-5-6-14(2)11-17)22-23-21(24)29-13-19(26)16-9-8-15(3)18(12-16)25(27)28/h5-9,11-12H,4,10,13H2,1-3H3. The van der Waals surface area contributed by atoms with Crippen LogP contribution < -0.4 is 0 Å². The quantitative estimate of drug-likeness (QED) is 0.228. The highest BCUT2D eigenvalue weighted by atomic mass is 32.2. The topological polar surface area (TPSA) is 90.9 Å². The van der Waals surface area contributed by atoms with Crippen molar-refractivity contribution in [2.45, 2.75) is 38.9 Å². The van der Waals surface area contributed by atoms with Crippen molar-refractivity contribution in [3.05, 3.63) is 69.3 Å². The summed E-state index contributed by atoms with van der Waals surface area (Å²) < 4.78 is 2.02. The molecule has 0 atom stereocenters. The first-order chi connectivity index (χ1) is 13.9. The first-order valence-corrected chi connectivity index (χ1v) is 10.3. The van der Waals surface area contributed by atoms with Gasteiger partial charge in [0.15, 0.2) is 16.8 Å². The molecular formula is C21H22N4O3S. The molecule has 3 rings (SSSR count). The largest absolute Gasteiger partial charge is 0.302 e. The zero-order valence-corrected chi connectivity index (χ0v) is 17.4. The molecule has 1 aromatic heterocycles. The van der Waals surface area contributed by atoms with E-state index in [-0.39, 0.29) is 17.2 Å². The zero-order chi connectivity index (χ0) is 21.0. The van der Waals surface area contributed by atoms with Gasteiger partial charge in [0.2, 0.25) is 0 Å². The van der Waals surface area contributed by atoms with Gasteiger partial charge in [-0.05, 0) is 26.3 Å². The molecule has 0 aliphatic heterocycles. The molecule has 0 amide bonds. The molecule has 29 heavy (non-hydrogen) atoms. The van der Waals surface area contributed by atoms with Gasteiger partial charge in [0.05, 0.1) is 10.7 Å². The van der Waals surface area contributed by atoms with Gasteiger partial charge in [-0.2, -0.15) is 0 Å². The average molecular weight is 410 g/mol. The molecule has 7 nitrogen and oxygen atoms in total. The summed E-state index contributed by atoms with van der Waals surface area (Å²) >= 11 is 1.30. The Labute approximate surface area is 173 Å². The van der Waals surface area contributed by atoms with Gasteiger partial charge in [0, 0.05) is 29.3 Å². The summed E-state index contributed by atoms with van der Waals surface area (Å²) in [7, 11) is 0. The van der Waals surface area contributed by atoms with E-state index in [1.165, 1.54) is 17.8 Å². The predicted octanol–water partition coefficient (Wildman–Crippen LogP) is 4.86. The normalized spacial score (nSPS) is 10.9. The van der Waals surface area contributed by atoms with Gasteiger partial charge in [-0.3, -0.25) is 14.9 Å². The maximum Gasteiger partial charge on any atom is 0.273 e. The number of aryl methyl sites for hydroxylation is 2. The van der Waals surface area contributed by atoms with Gasteiger partial charge in [-0.25, -0.2) is 0 Å². The summed E-state index contributed by atoms with van der Waals surface area (Å²) in [6, 6.07) is 12.6. The van der Waals surface area contributed by atoms with Crippen LogP contribution in [0.25, 0.3) is 11.4 Å². The molecule has 0 aliphatic rings. The Bertz CT molecular complexity index is 1060. The van der Waals surface area contributed by atoms with Gasteiger partial charge in [0.1, 0.15) is 0 Å². The molecular weight excluding hydrogens is 388 g/mol. The molecule has 0 bridgehead atoms. The Kier molecular flexibility index (Phi) is 6.43. The number of hydrogen-bond donors (Lipinski definition) is 0. The van der Waals surface area contributed by atoms with Crippen LogP contribution >= 0.6 is 11.8 Å². The summed E-state index contributed by atoms with van der Waals surface area (Å²) in [6.45, 7) is 6.49. The maximum atomic E-state index is 12.6. The zero-order valence-electron chi connectivity index (χ0n) is 16.6. The fourth-order valence-corrected chi connectivity index (χ4v) is 3.87. The van der Waals surface area contributed by atoms with Crippen LogP contribution in [0.1, 0.15) is 34.8 Å². The molecule has 8 heteroatoms. The van der Waals surface area contributed by atoms with Crippen LogP contribution in [0.3, 0.4) is 0 Å². The van der Waals surface area contributed by atoms with Gasteiger partial charge in [-0.15, -0.1) is 10.2 Å². The number of nitro groups is 1. The maximum absolute atomic E-state index is 12.6. The van der Waals surface area contributed by atoms with E-state index in [2.05, 4.69) is 23.2 Å². The van der Waals surface area contributed by atoms with E-state index in [0.29, 0.717) is 16.3 Å². The van der Waals surface area contributed by atoms with E-state index in [1.54, 1.807) is 19.1 Å². The van der Waals surface area contributed by atoms with Crippen LogP contribution in [0, 0.1) is 24.0 Å². The summed E-state index contributed by atoms with van der Waals surface area (Å²) in [4.78, 5) is 23.2. The Balaban J connectivity index is 1.81. The molecule has 150 valence electrons. The Morgan fingerprint density at radius 1 is 1.17 bits per heavy atom. The number of ketones is 1. The molecule has 0 aliphatic carbocycles. The van der Waals surface area contributed by atoms with Crippen molar-refractivity contribution in [1.82, 2.24) is 14.8 Å². The first-order valence-electron chi connectivity index (χ1n) is 9.32. The second kappa shape index (κ2) is 9.00. The fraction of sp³-hybridized carbons (Fsp3) is 0.286. The molecule has 0 fully saturated rings. The summed E-state index contributed by atoms with van der Waals surface area (Å²) in [5.74, 6) is 0.730. The highest BCUT2D eigenvalue weighted by Crippen LogP contribution is 2.26. The van der Waals surface area contributed by atoms with E-state index in [4.69, 9.17) is 0 Å². The van der Waals surface area contributed by atoms with Crippen molar-refractivity contribution in [2.24, 2.45) is 0 Å². The lowest BCUT2D eigenvalue weighted by Gasteiger charge is -2.09. The molecule has 0 spiro atoms. The lowest BCUT2D eigenvalue weighted by atomic mass is 10.1. The Morgan fingerprint density at radius 3 is 2.66 bits per heavy atom. The third-order valence-corrected chi connectivity index (χ3v) is 5.47. The van der Waals surface area contributed by atoms with Crippen molar-refractivity contribution < 1.29 is 9.72 Å². The molecule has 1 heterocycles. The summed E-state index contributed by atoms with van der Waals surface area (Å²) in [5, 5.41) is 20.4. The van der Waals surface area contributed by atoms with Crippen molar-refractivity contribution in [3.8, 4) is 11.4 Å². The number of rotatable bonds is 8. The lowest BCUT2D eigenvalue weighted by molar-refractivity contribution is -0.385. The number of nitrogens with zero attached hydrogens (tertiary/aromatic N) is 4. The van der Waals surface area contributed by atoms with Crippen LogP contribution in [-0.4, -0.2) is 31.2 Å². The van der Waals surface area contributed by atoms with E-state index in [1.807, 2.05) is 29.7 Å². The Hall–Kier alpha value is -3.00. The van der Waals surface area contributed by atoms with Crippen molar-refractivity contribution >= 4 is 23.2 Å². The second-order valence-electron chi connectivity index (χ2n) is 6.80. The molecule has 0 saturated heterocycles. The highest BCUT2D eigenvalue weighted by Gasteiger charge is 2.18. The van der Waals surface area contributed by atoms with Crippen LogP contribution in [0.2, 0.25) is 0 Å². The van der Waals surface area contributed by atoms with Crippen LogP contribution in [0.15, 0.2) is 47.6 Å². The fourth-order valence-electron chi connectivity index (χ4n) is 3.01. The summed E-state index contributed by atoms with van der Waals surface area (Å²) in [5.41, 5.74) is 2.94. The molecule has 3 aromatic rings. The minimum atomic E-state index is -0.467. The first kappa shape index (κ1) is 20.7. The number of aromatic nitrogens is 3. The van der Waals surface area contributed by atoms with E-state index < -0.39 is 4.92 Å². The van der Waals surface area contributed by atoms with E-state index in [0.717, 1.165) is 29.9 Å². The molecule has 0 N–H and O–H groups in total. The van der Waals surface area contributed by atoms with Crippen molar-refractivity contribution in [2.75, 3.05) is 5.75 Å². The minimum Gasteiger partial charge on any atom is -0.302 e. The molecule has 0 radical (unpaired) electrons. The molecule has 2 aromatic carbocycles.